The molecule has 1 aromatic rings. The van der Waals surface area contributed by atoms with E-state index < -0.39 is 11.7 Å². The van der Waals surface area contributed by atoms with Crippen LogP contribution in [-0.2, 0) is 4.74 Å². The van der Waals surface area contributed by atoms with Crippen LogP contribution >= 0.6 is 0 Å². The van der Waals surface area contributed by atoms with Gasteiger partial charge in [0.05, 0.1) is 18.8 Å². The Hall–Kier alpha value is -1.26. The molecule has 0 saturated heterocycles. The van der Waals surface area contributed by atoms with Crippen molar-refractivity contribution < 1.29 is 19.3 Å². The highest BCUT2D eigenvalue weighted by Gasteiger charge is 2.36. The molecule has 1 N–H and O–H groups in total. The Morgan fingerprint density at radius 1 is 1.00 bits per heavy atom. The summed E-state index contributed by atoms with van der Waals surface area (Å²) in [5.74, 6) is 1.36. The summed E-state index contributed by atoms with van der Waals surface area (Å²) in [4.78, 5) is 0. The lowest BCUT2D eigenvalue weighted by Crippen LogP contribution is -2.37. The maximum Gasteiger partial charge on any atom is 0.161 e. The molecule has 21 heavy (non-hydrogen) atoms. The van der Waals surface area contributed by atoms with E-state index in [1.54, 1.807) is 7.11 Å². The Labute approximate surface area is 128 Å². The Morgan fingerprint density at radius 3 is 2.05 bits per heavy atom. The van der Waals surface area contributed by atoms with Crippen LogP contribution in [-0.4, -0.2) is 31.0 Å². The van der Waals surface area contributed by atoms with E-state index in [0.717, 1.165) is 18.4 Å². The molecule has 0 amide bonds. The highest BCUT2D eigenvalue weighted by molar-refractivity contribution is 5.44. The van der Waals surface area contributed by atoms with Crippen molar-refractivity contribution in [3.05, 3.63) is 23.8 Å². The standard InChI is InChI=1S/C17H28O4/c1-6-17(7-2,19-5)16(18)13-10-11-14(20-8-3)15(12-13)21-9-4/h10-12,16,18H,6-9H2,1-5H3. The predicted molar refractivity (Wildman–Crippen MR) is 84.1 cm³/mol. The first-order valence-electron chi connectivity index (χ1n) is 7.71. The van der Waals surface area contributed by atoms with Crippen molar-refractivity contribution in [2.45, 2.75) is 52.2 Å². The van der Waals surface area contributed by atoms with E-state index in [4.69, 9.17) is 14.2 Å². The van der Waals surface area contributed by atoms with Crippen LogP contribution in [0.1, 0.15) is 52.2 Å². The molecule has 0 aliphatic rings. The quantitative estimate of drug-likeness (QED) is 0.754. The van der Waals surface area contributed by atoms with E-state index in [1.807, 2.05) is 45.9 Å². The molecule has 0 fully saturated rings. The van der Waals surface area contributed by atoms with Crippen molar-refractivity contribution >= 4 is 0 Å². The van der Waals surface area contributed by atoms with Gasteiger partial charge < -0.3 is 19.3 Å². The zero-order valence-corrected chi connectivity index (χ0v) is 13.8. The number of hydrogen-bond donors (Lipinski definition) is 1. The van der Waals surface area contributed by atoms with Crippen molar-refractivity contribution in [1.82, 2.24) is 0 Å². The zero-order chi connectivity index (χ0) is 15.9. The first-order valence-corrected chi connectivity index (χ1v) is 7.71. The molecule has 0 spiro atoms. The van der Waals surface area contributed by atoms with Gasteiger partial charge in [-0.05, 0) is 44.4 Å². The molecule has 0 bridgehead atoms. The van der Waals surface area contributed by atoms with E-state index in [9.17, 15) is 5.11 Å². The minimum Gasteiger partial charge on any atom is -0.490 e. The molecule has 1 atom stereocenters. The largest absolute Gasteiger partial charge is 0.490 e. The molecular weight excluding hydrogens is 268 g/mol. The molecule has 1 aromatic carbocycles. The maximum atomic E-state index is 10.7. The molecule has 1 rings (SSSR count). The second-order valence-electron chi connectivity index (χ2n) is 4.95. The Balaban J connectivity index is 3.15. The molecular formula is C17H28O4. The third kappa shape index (κ3) is 3.89. The molecule has 0 aliphatic carbocycles. The van der Waals surface area contributed by atoms with Crippen LogP contribution in [0.4, 0.5) is 0 Å². The molecule has 120 valence electrons. The SMILES string of the molecule is CCOc1ccc(C(O)C(CC)(CC)OC)cc1OCC. The van der Waals surface area contributed by atoms with Gasteiger partial charge in [0, 0.05) is 7.11 Å². The fourth-order valence-corrected chi connectivity index (χ4v) is 2.58. The van der Waals surface area contributed by atoms with Gasteiger partial charge in [-0.1, -0.05) is 19.9 Å². The normalized spacial score (nSPS) is 13.0. The third-order valence-electron chi connectivity index (χ3n) is 3.98. The van der Waals surface area contributed by atoms with Crippen LogP contribution in [0.15, 0.2) is 18.2 Å². The van der Waals surface area contributed by atoms with Gasteiger partial charge in [-0.15, -0.1) is 0 Å². The van der Waals surface area contributed by atoms with Crippen LogP contribution in [0.25, 0.3) is 0 Å². The first kappa shape index (κ1) is 17.8. The third-order valence-corrected chi connectivity index (χ3v) is 3.98. The summed E-state index contributed by atoms with van der Waals surface area (Å²) in [5, 5.41) is 10.7. The Morgan fingerprint density at radius 2 is 1.57 bits per heavy atom. The molecule has 0 saturated carbocycles. The maximum absolute atomic E-state index is 10.7. The van der Waals surface area contributed by atoms with Gasteiger partial charge in [0.25, 0.3) is 0 Å². The van der Waals surface area contributed by atoms with E-state index >= 15 is 0 Å². The summed E-state index contributed by atoms with van der Waals surface area (Å²) in [6.07, 6.45) is 0.767. The smallest absolute Gasteiger partial charge is 0.161 e. The number of benzene rings is 1. The fourth-order valence-electron chi connectivity index (χ4n) is 2.58. The van der Waals surface area contributed by atoms with Crippen LogP contribution in [0.3, 0.4) is 0 Å². The highest BCUT2D eigenvalue weighted by Crippen LogP contribution is 2.38. The predicted octanol–water partition coefficient (Wildman–Crippen LogP) is 3.72. The lowest BCUT2D eigenvalue weighted by molar-refractivity contribution is -0.110. The minimum absolute atomic E-state index is 0.552. The molecule has 0 aliphatic heterocycles. The van der Waals surface area contributed by atoms with E-state index in [-0.39, 0.29) is 0 Å². The van der Waals surface area contributed by atoms with Crippen LogP contribution in [0.2, 0.25) is 0 Å². The van der Waals surface area contributed by atoms with Crippen molar-refractivity contribution in [2.24, 2.45) is 0 Å². The summed E-state index contributed by atoms with van der Waals surface area (Å²) in [5.41, 5.74) is 0.212. The highest BCUT2D eigenvalue weighted by atomic mass is 16.5. The van der Waals surface area contributed by atoms with E-state index in [1.165, 1.54) is 0 Å². The molecule has 0 radical (unpaired) electrons. The fraction of sp³-hybridized carbons (Fsp3) is 0.647. The van der Waals surface area contributed by atoms with Gasteiger partial charge in [0.15, 0.2) is 11.5 Å². The average Bonchev–Trinajstić information content (AvgIpc) is 2.51. The van der Waals surface area contributed by atoms with Gasteiger partial charge in [0.2, 0.25) is 0 Å². The van der Waals surface area contributed by atoms with Gasteiger partial charge in [-0.25, -0.2) is 0 Å². The summed E-state index contributed by atoms with van der Waals surface area (Å²) in [6, 6.07) is 5.56. The van der Waals surface area contributed by atoms with Gasteiger partial charge in [-0.3, -0.25) is 0 Å². The summed E-state index contributed by atoms with van der Waals surface area (Å²) >= 11 is 0. The Kier molecular flexibility index (Phi) is 6.99. The topological polar surface area (TPSA) is 47.9 Å². The number of ether oxygens (including phenoxy) is 3. The summed E-state index contributed by atoms with van der Waals surface area (Å²) in [7, 11) is 1.65. The van der Waals surface area contributed by atoms with Gasteiger partial charge >= 0.3 is 0 Å². The lowest BCUT2D eigenvalue weighted by atomic mass is 9.86. The lowest BCUT2D eigenvalue weighted by Gasteiger charge is -2.35. The van der Waals surface area contributed by atoms with Crippen molar-refractivity contribution in [3.8, 4) is 11.5 Å². The first-order chi connectivity index (χ1) is 10.1. The average molecular weight is 296 g/mol. The summed E-state index contributed by atoms with van der Waals surface area (Å²) in [6.45, 7) is 9.03. The number of rotatable bonds is 9. The molecule has 0 heterocycles. The van der Waals surface area contributed by atoms with Crippen molar-refractivity contribution in [1.29, 1.82) is 0 Å². The van der Waals surface area contributed by atoms with Crippen LogP contribution < -0.4 is 9.47 Å². The van der Waals surface area contributed by atoms with Crippen molar-refractivity contribution in [3.63, 3.8) is 0 Å². The second-order valence-corrected chi connectivity index (χ2v) is 4.95. The monoisotopic (exact) mass is 296 g/mol. The molecule has 1 unspecified atom stereocenters. The van der Waals surface area contributed by atoms with E-state index in [0.29, 0.717) is 24.7 Å². The minimum atomic E-state index is -0.701. The van der Waals surface area contributed by atoms with Crippen molar-refractivity contribution in [2.75, 3.05) is 20.3 Å². The number of methoxy groups -OCH3 is 1. The number of aliphatic hydroxyl groups excluding tert-OH is 1. The molecule has 4 heteroatoms. The van der Waals surface area contributed by atoms with Crippen LogP contribution in [0.5, 0.6) is 11.5 Å². The summed E-state index contributed by atoms with van der Waals surface area (Å²) < 4.78 is 16.8. The number of aliphatic hydroxyl groups is 1. The molecule has 4 nitrogen and oxygen atoms in total. The Bertz CT molecular complexity index is 419. The van der Waals surface area contributed by atoms with Gasteiger partial charge in [0.1, 0.15) is 6.10 Å². The molecule has 0 aromatic heterocycles. The van der Waals surface area contributed by atoms with Crippen LogP contribution in [0, 0.1) is 0 Å². The zero-order valence-electron chi connectivity index (χ0n) is 13.8. The number of hydrogen-bond acceptors (Lipinski definition) is 4. The van der Waals surface area contributed by atoms with Gasteiger partial charge in [-0.2, -0.15) is 0 Å². The van der Waals surface area contributed by atoms with E-state index in [2.05, 4.69) is 0 Å². The second kappa shape index (κ2) is 8.25.